The topological polar surface area (TPSA) is 3.24 Å². The van der Waals surface area contributed by atoms with E-state index in [1.54, 1.807) is 23.9 Å². The second-order valence-electron chi connectivity index (χ2n) is 4.92. The lowest BCUT2D eigenvalue weighted by Gasteiger charge is -2.10. The van der Waals surface area contributed by atoms with Gasteiger partial charge in [-0.1, -0.05) is 35.9 Å². The number of nitrogens with zero attached hydrogens (tertiary/aromatic N) is 1. The average Bonchev–Trinajstić information content (AvgIpc) is 2.41. The molecule has 2 aromatic carbocycles. The molecule has 0 heterocycles. The lowest BCUT2D eigenvalue weighted by atomic mass is 10.1. The van der Waals surface area contributed by atoms with E-state index in [1.807, 2.05) is 0 Å². The number of thioether (sulfide) groups is 1. The Labute approximate surface area is 128 Å². The Kier molecular flexibility index (Phi) is 5.46. The van der Waals surface area contributed by atoms with Crippen molar-refractivity contribution in [2.24, 2.45) is 0 Å². The van der Waals surface area contributed by atoms with E-state index in [4.69, 9.17) is 11.6 Å². The largest absolute Gasteiger partial charge is 0.305 e. The Morgan fingerprint density at radius 3 is 2.30 bits per heavy atom. The van der Waals surface area contributed by atoms with Gasteiger partial charge in [-0.25, -0.2) is 4.39 Å². The SMILES string of the molecule is CN(C)Cc1ccc(CSc2ccc(F)c(Cl)c2)cc1. The molecular formula is C16H17ClFNS. The van der Waals surface area contributed by atoms with Crippen LogP contribution in [0.4, 0.5) is 4.39 Å². The molecule has 0 aliphatic heterocycles. The van der Waals surface area contributed by atoms with E-state index in [0.717, 1.165) is 17.2 Å². The summed E-state index contributed by atoms with van der Waals surface area (Å²) in [6, 6.07) is 13.4. The normalized spacial score (nSPS) is 11.1. The van der Waals surface area contributed by atoms with E-state index >= 15 is 0 Å². The maximum atomic E-state index is 13.1. The van der Waals surface area contributed by atoms with Gasteiger partial charge < -0.3 is 4.90 Å². The van der Waals surface area contributed by atoms with Gasteiger partial charge in [0.1, 0.15) is 5.82 Å². The van der Waals surface area contributed by atoms with Crippen LogP contribution in [0.5, 0.6) is 0 Å². The van der Waals surface area contributed by atoms with Gasteiger partial charge in [0.15, 0.2) is 0 Å². The Morgan fingerprint density at radius 2 is 1.70 bits per heavy atom. The van der Waals surface area contributed by atoms with Gasteiger partial charge in [-0.2, -0.15) is 0 Å². The molecule has 0 aliphatic carbocycles. The van der Waals surface area contributed by atoms with Crippen molar-refractivity contribution in [3.63, 3.8) is 0 Å². The predicted octanol–water partition coefficient (Wildman–Crippen LogP) is 4.83. The van der Waals surface area contributed by atoms with E-state index in [0.29, 0.717) is 0 Å². The molecule has 0 amide bonds. The van der Waals surface area contributed by atoms with Crippen LogP contribution in [0.25, 0.3) is 0 Å². The molecule has 2 aromatic rings. The summed E-state index contributed by atoms with van der Waals surface area (Å²) in [5, 5.41) is 0.177. The van der Waals surface area contributed by atoms with Crippen molar-refractivity contribution in [1.29, 1.82) is 0 Å². The molecule has 0 fully saturated rings. The van der Waals surface area contributed by atoms with Crippen molar-refractivity contribution in [1.82, 2.24) is 4.90 Å². The van der Waals surface area contributed by atoms with Crippen LogP contribution in [0.1, 0.15) is 11.1 Å². The van der Waals surface area contributed by atoms with Gasteiger partial charge in [0, 0.05) is 17.2 Å². The van der Waals surface area contributed by atoms with Crippen LogP contribution in [0.2, 0.25) is 5.02 Å². The van der Waals surface area contributed by atoms with Crippen LogP contribution in [0.3, 0.4) is 0 Å². The number of benzene rings is 2. The minimum atomic E-state index is -0.371. The summed E-state index contributed by atoms with van der Waals surface area (Å²) in [5.74, 6) is 0.480. The molecule has 0 saturated heterocycles. The Bertz CT molecular complexity index is 569. The maximum Gasteiger partial charge on any atom is 0.141 e. The van der Waals surface area contributed by atoms with Crippen molar-refractivity contribution in [2.75, 3.05) is 14.1 Å². The molecule has 0 aromatic heterocycles. The highest BCUT2D eigenvalue weighted by atomic mass is 35.5. The Balaban J connectivity index is 1.95. The second-order valence-corrected chi connectivity index (χ2v) is 6.37. The molecule has 0 aliphatic rings. The molecule has 106 valence electrons. The van der Waals surface area contributed by atoms with Crippen LogP contribution in [-0.2, 0) is 12.3 Å². The van der Waals surface area contributed by atoms with E-state index < -0.39 is 0 Å². The van der Waals surface area contributed by atoms with Crippen molar-refractivity contribution in [3.8, 4) is 0 Å². The van der Waals surface area contributed by atoms with Gasteiger partial charge in [0.25, 0.3) is 0 Å². The highest BCUT2D eigenvalue weighted by Gasteiger charge is 2.02. The standard InChI is InChI=1S/C16H17ClFNS/c1-19(2)10-12-3-5-13(6-4-12)11-20-14-7-8-16(18)15(17)9-14/h3-9H,10-11H2,1-2H3. The number of rotatable bonds is 5. The van der Waals surface area contributed by atoms with E-state index in [9.17, 15) is 4.39 Å². The first-order chi connectivity index (χ1) is 9.54. The third-order valence-electron chi connectivity index (χ3n) is 2.82. The number of halogens is 2. The fourth-order valence-electron chi connectivity index (χ4n) is 1.84. The highest BCUT2D eigenvalue weighted by Crippen LogP contribution is 2.27. The first kappa shape index (κ1) is 15.4. The van der Waals surface area contributed by atoms with Gasteiger partial charge >= 0.3 is 0 Å². The van der Waals surface area contributed by atoms with E-state index in [-0.39, 0.29) is 10.8 Å². The molecule has 0 radical (unpaired) electrons. The lowest BCUT2D eigenvalue weighted by molar-refractivity contribution is 0.402. The molecule has 0 unspecified atom stereocenters. The quantitative estimate of drug-likeness (QED) is 0.728. The monoisotopic (exact) mass is 309 g/mol. The lowest BCUT2D eigenvalue weighted by Crippen LogP contribution is -2.10. The summed E-state index contributed by atoms with van der Waals surface area (Å²) >= 11 is 7.43. The zero-order chi connectivity index (χ0) is 14.5. The molecule has 1 nitrogen and oxygen atoms in total. The fourth-order valence-corrected chi connectivity index (χ4v) is 2.98. The molecule has 20 heavy (non-hydrogen) atoms. The molecule has 0 N–H and O–H groups in total. The fraction of sp³-hybridized carbons (Fsp3) is 0.250. The summed E-state index contributed by atoms with van der Waals surface area (Å²) in [4.78, 5) is 3.12. The summed E-state index contributed by atoms with van der Waals surface area (Å²) in [7, 11) is 4.12. The van der Waals surface area contributed by atoms with Gasteiger partial charge in [-0.3, -0.25) is 0 Å². The van der Waals surface area contributed by atoms with Crippen molar-refractivity contribution in [3.05, 3.63) is 64.4 Å². The summed E-state index contributed by atoms with van der Waals surface area (Å²) in [5.41, 5.74) is 2.55. The van der Waals surface area contributed by atoms with Gasteiger partial charge in [0.05, 0.1) is 5.02 Å². The zero-order valence-electron chi connectivity index (χ0n) is 11.6. The minimum Gasteiger partial charge on any atom is -0.305 e. The van der Waals surface area contributed by atoms with Crippen molar-refractivity contribution >= 4 is 23.4 Å². The third kappa shape index (κ3) is 4.51. The number of hydrogen-bond donors (Lipinski definition) is 0. The van der Waals surface area contributed by atoms with Crippen LogP contribution >= 0.6 is 23.4 Å². The van der Waals surface area contributed by atoms with Crippen molar-refractivity contribution < 1.29 is 4.39 Å². The first-order valence-corrected chi connectivity index (χ1v) is 7.71. The molecule has 2 rings (SSSR count). The molecular weight excluding hydrogens is 293 g/mol. The summed E-state index contributed by atoms with van der Waals surface area (Å²) < 4.78 is 13.1. The van der Waals surface area contributed by atoms with E-state index in [2.05, 4.69) is 43.3 Å². The van der Waals surface area contributed by atoms with Crippen LogP contribution in [-0.4, -0.2) is 19.0 Å². The van der Waals surface area contributed by atoms with E-state index in [1.165, 1.54) is 17.2 Å². The van der Waals surface area contributed by atoms with Crippen LogP contribution < -0.4 is 0 Å². The van der Waals surface area contributed by atoms with Gasteiger partial charge in [-0.15, -0.1) is 11.8 Å². The minimum absolute atomic E-state index is 0.177. The zero-order valence-corrected chi connectivity index (χ0v) is 13.1. The van der Waals surface area contributed by atoms with Crippen LogP contribution in [0.15, 0.2) is 47.4 Å². The highest BCUT2D eigenvalue weighted by molar-refractivity contribution is 7.98. The smallest absolute Gasteiger partial charge is 0.141 e. The molecule has 0 spiro atoms. The Morgan fingerprint density at radius 1 is 1.05 bits per heavy atom. The molecule has 0 saturated carbocycles. The summed E-state index contributed by atoms with van der Waals surface area (Å²) in [6.45, 7) is 0.945. The second kappa shape index (κ2) is 7.11. The van der Waals surface area contributed by atoms with Gasteiger partial charge in [0.2, 0.25) is 0 Å². The van der Waals surface area contributed by atoms with Crippen LogP contribution in [0, 0.1) is 5.82 Å². The van der Waals surface area contributed by atoms with Gasteiger partial charge in [-0.05, 0) is 43.4 Å². The first-order valence-electron chi connectivity index (χ1n) is 6.35. The van der Waals surface area contributed by atoms with Crippen molar-refractivity contribution in [2.45, 2.75) is 17.2 Å². The molecule has 4 heteroatoms. The predicted molar refractivity (Wildman–Crippen MR) is 84.8 cm³/mol. The Hall–Kier alpha value is -1.03. The molecule has 0 atom stereocenters. The number of hydrogen-bond acceptors (Lipinski definition) is 2. The average molecular weight is 310 g/mol. The maximum absolute atomic E-state index is 13.1. The third-order valence-corrected chi connectivity index (χ3v) is 4.17. The summed E-state index contributed by atoms with van der Waals surface area (Å²) in [6.07, 6.45) is 0. The molecule has 0 bridgehead atoms.